The van der Waals surface area contributed by atoms with E-state index in [9.17, 15) is 17.6 Å². The van der Waals surface area contributed by atoms with Crippen LogP contribution in [0.15, 0.2) is 42.5 Å². The predicted octanol–water partition coefficient (Wildman–Crippen LogP) is 4.82. The summed E-state index contributed by atoms with van der Waals surface area (Å²) in [7, 11) is 0. The molecule has 4 heteroatoms. The van der Waals surface area contributed by atoms with Gasteiger partial charge in [-0.15, -0.1) is 0 Å². The van der Waals surface area contributed by atoms with Crippen LogP contribution in [0.2, 0.25) is 0 Å². The van der Waals surface area contributed by atoms with E-state index in [4.69, 9.17) is 0 Å². The Morgan fingerprint density at radius 1 is 0.889 bits per heavy atom. The highest BCUT2D eigenvalue weighted by atomic mass is 19.4. The highest BCUT2D eigenvalue weighted by Crippen LogP contribution is 2.37. The Balaban J connectivity index is 2.64. The molecule has 0 heterocycles. The van der Waals surface area contributed by atoms with Crippen molar-refractivity contribution in [2.75, 3.05) is 0 Å². The van der Waals surface area contributed by atoms with Crippen molar-refractivity contribution in [2.24, 2.45) is 0 Å². The molecule has 0 radical (unpaired) electrons. The first-order valence-corrected chi connectivity index (χ1v) is 5.32. The molecule has 18 heavy (non-hydrogen) atoms. The van der Waals surface area contributed by atoms with Gasteiger partial charge in [-0.1, -0.05) is 30.3 Å². The lowest BCUT2D eigenvalue weighted by molar-refractivity contribution is -0.137. The van der Waals surface area contributed by atoms with Crippen molar-refractivity contribution in [3.05, 3.63) is 59.4 Å². The third-order valence-corrected chi connectivity index (χ3v) is 2.65. The Bertz CT molecular complexity index is 570. The number of hydrogen-bond acceptors (Lipinski definition) is 0. The SMILES string of the molecule is Cc1ccc(-c2ccccc2C(F)(F)F)c(F)c1. The van der Waals surface area contributed by atoms with Crippen molar-refractivity contribution in [2.45, 2.75) is 13.1 Å². The van der Waals surface area contributed by atoms with Gasteiger partial charge in [0.25, 0.3) is 0 Å². The summed E-state index contributed by atoms with van der Waals surface area (Å²) in [5.41, 5.74) is -0.329. The minimum atomic E-state index is -4.49. The van der Waals surface area contributed by atoms with Crippen LogP contribution in [0.4, 0.5) is 17.6 Å². The summed E-state index contributed by atoms with van der Waals surface area (Å²) in [6.45, 7) is 1.68. The second-order valence-electron chi connectivity index (χ2n) is 4.03. The molecule has 94 valence electrons. The molecule has 0 fully saturated rings. The Labute approximate surface area is 102 Å². The van der Waals surface area contributed by atoms with Crippen LogP contribution >= 0.6 is 0 Å². The lowest BCUT2D eigenvalue weighted by atomic mass is 9.98. The quantitative estimate of drug-likeness (QED) is 0.640. The van der Waals surface area contributed by atoms with E-state index in [2.05, 4.69) is 0 Å². The lowest BCUT2D eigenvalue weighted by Crippen LogP contribution is -2.07. The van der Waals surface area contributed by atoms with E-state index < -0.39 is 17.6 Å². The summed E-state index contributed by atoms with van der Waals surface area (Å²) in [4.78, 5) is 0. The van der Waals surface area contributed by atoms with Crippen LogP contribution in [0.3, 0.4) is 0 Å². The molecule has 2 aromatic rings. The molecule has 0 bridgehead atoms. The van der Waals surface area contributed by atoms with E-state index in [1.807, 2.05) is 0 Å². The maximum absolute atomic E-state index is 13.7. The van der Waals surface area contributed by atoms with Gasteiger partial charge < -0.3 is 0 Å². The average Bonchev–Trinajstić information content (AvgIpc) is 2.28. The number of halogens is 4. The average molecular weight is 254 g/mol. The summed E-state index contributed by atoms with van der Waals surface area (Å²) in [5.74, 6) is -0.647. The minimum Gasteiger partial charge on any atom is -0.206 e. The highest BCUT2D eigenvalue weighted by molar-refractivity contribution is 5.68. The molecule has 0 N–H and O–H groups in total. The van der Waals surface area contributed by atoms with Gasteiger partial charge >= 0.3 is 6.18 Å². The number of hydrogen-bond donors (Lipinski definition) is 0. The Morgan fingerprint density at radius 3 is 2.17 bits per heavy atom. The molecule has 0 aliphatic heterocycles. The third-order valence-electron chi connectivity index (χ3n) is 2.65. The predicted molar refractivity (Wildman–Crippen MR) is 61.6 cm³/mol. The monoisotopic (exact) mass is 254 g/mol. The molecule has 0 amide bonds. The van der Waals surface area contributed by atoms with Crippen molar-refractivity contribution in [3.8, 4) is 11.1 Å². The van der Waals surface area contributed by atoms with E-state index in [0.29, 0.717) is 5.56 Å². The van der Waals surface area contributed by atoms with Gasteiger partial charge in [0.15, 0.2) is 0 Å². The van der Waals surface area contributed by atoms with Gasteiger partial charge in [0, 0.05) is 5.56 Å². The summed E-state index contributed by atoms with van der Waals surface area (Å²) in [6, 6.07) is 9.16. The Kier molecular flexibility index (Phi) is 3.11. The molecule has 2 aromatic carbocycles. The molecular formula is C14H10F4. The third kappa shape index (κ3) is 2.37. The van der Waals surface area contributed by atoms with Crippen molar-refractivity contribution in [3.63, 3.8) is 0 Å². The smallest absolute Gasteiger partial charge is 0.206 e. The second kappa shape index (κ2) is 4.44. The zero-order valence-electron chi connectivity index (χ0n) is 9.55. The molecule has 0 unspecified atom stereocenters. The number of rotatable bonds is 1. The summed E-state index contributed by atoms with van der Waals surface area (Å²) in [6.07, 6.45) is -4.49. The van der Waals surface area contributed by atoms with Crippen molar-refractivity contribution >= 4 is 0 Å². The zero-order valence-corrected chi connectivity index (χ0v) is 9.55. The standard InChI is InChI=1S/C14H10F4/c1-9-6-7-11(13(15)8-9)10-4-2-3-5-12(10)14(16,17)18/h2-8H,1H3. The highest BCUT2D eigenvalue weighted by Gasteiger charge is 2.33. The summed E-state index contributed by atoms with van der Waals surface area (Å²) in [5, 5.41) is 0. The van der Waals surface area contributed by atoms with E-state index in [1.54, 1.807) is 13.0 Å². The fourth-order valence-electron chi connectivity index (χ4n) is 1.80. The molecule has 0 aromatic heterocycles. The molecule has 0 atom stereocenters. The van der Waals surface area contributed by atoms with Crippen LogP contribution in [0.1, 0.15) is 11.1 Å². The minimum absolute atomic E-state index is 0.0338. The molecule has 0 aliphatic rings. The first kappa shape index (κ1) is 12.6. The second-order valence-corrected chi connectivity index (χ2v) is 4.03. The van der Waals surface area contributed by atoms with E-state index in [-0.39, 0.29) is 11.1 Å². The maximum atomic E-state index is 13.7. The normalized spacial score (nSPS) is 11.6. The first-order valence-electron chi connectivity index (χ1n) is 5.32. The van der Waals surface area contributed by atoms with Crippen molar-refractivity contribution in [1.82, 2.24) is 0 Å². The van der Waals surface area contributed by atoms with Gasteiger partial charge in [0.1, 0.15) is 5.82 Å². The summed E-state index contributed by atoms with van der Waals surface area (Å²) >= 11 is 0. The van der Waals surface area contributed by atoms with Gasteiger partial charge in [-0.25, -0.2) is 4.39 Å². The van der Waals surface area contributed by atoms with Crippen LogP contribution in [-0.4, -0.2) is 0 Å². The first-order chi connectivity index (χ1) is 8.39. The van der Waals surface area contributed by atoms with Gasteiger partial charge in [-0.2, -0.15) is 13.2 Å². The van der Waals surface area contributed by atoms with E-state index >= 15 is 0 Å². The molecule has 0 spiro atoms. The molecular weight excluding hydrogens is 244 g/mol. The summed E-state index contributed by atoms with van der Waals surface area (Å²) < 4.78 is 52.2. The number of aryl methyl sites for hydroxylation is 1. The van der Waals surface area contributed by atoms with Gasteiger partial charge in [-0.05, 0) is 30.2 Å². The van der Waals surface area contributed by atoms with Crippen LogP contribution < -0.4 is 0 Å². The number of benzene rings is 2. The fraction of sp³-hybridized carbons (Fsp3) is 0.143. The molecule has 0 saturated carbocycles. The van der Waals surface area contributed by atoms with Crippen LogP contribution in [-0.2, 0) is 6.18 Å². The largest absolute Gasteiger partial charge is 0.417 e. The van der Waals surface area contributed by atoms with Gasteiger partial charge in [0.05, 0.1) is 5.56 Å². The molecule has 0 aliphatic carbocycles. The van der Waals surface area contributed by atoms with Gasteiger partial charge in [-0.3, -0.25) is 0 Å². The Morgan fingerprint density at radius 2 is 1.56 bits per heavy atom. The van der Waals surface area contributed by atoms with Crippen LogP contribution in [0.5, 0.6) is 0 Å². The van der Waals surface area contributed by atoms with Crippen LogP contribution in [0.25, 0.3) is 11.1 Å². The fourth-order valence-corrected chi connectivity index (χ4v) is 1.80. The molecule has 0 nitrogen and oxygen atoms in total. The van der Waals surface area contributed by atoms with Crippen molar-refractivity contribution < 1.29 is 17.6 Å². The Hall–Kier alpha value is -1.84. The van der Waals surface area contributed by atoms with Gasteiger partial charge in [0.2, 0.25) is 0 Å². The number of alkyl halides is 3. The maximum Gasteiger partial charge on any atom is 0.417 e. The zero-order chi connectivity index (χ0) is 13.3. The van der Waals surface area contributed by atoms with Crippen molar-refractivity contribution in [1.29, 1.82) is 0 Å². The molecule has 0 saturated heterocycles. The topological polar surface area (TPSA) is 0 Å². The lowest BCUT2D eigenvalue weighted by Gasteiger charge is -2.13. The van der Waals surface area contributed by atoms with Crippen LogP contribution in [0, 0.1) is 12.7 Å². The molecule has 2 rings (SSSR count). The van der Waals surface area contributed by atoms with E-state index in [1.165, 1.54) is 30.3 Å². The van der Waals surface area contributed by atoms with E-state index in [0.717, 1.165) is 6.07 Å².